The number of nitrogens with zero attached hydrogens (tertiary/aromatic N) is 5. The van der Waals surface area contributed by atoms with Crippen LogP contribution < -0.4 is 10.2 Å². The number of pyridine rings is 1. The second-order valence-corrected chi connectivity index (χ2v) is 8.03. The molecule has 28 heavy (non-hydrogen) atoms. The number of rotatable bonds is 2. The smallest absolute Gasteiger partial charge is 0.415 e. The zero-order valence-electron chi connectivity index (χ0n) is 15.8. The molecule has 1 atom stereocenters. The first kappa shape index (κ1) is 18.5. The number of amides is 3. The number of carbonyl (C=O) groups is 2. The topological polar surface area (TPSA) is 92.6 Å². The van der Waals surface area contributed by atoms with Gasteiger partial charge in [0, 0.05) is 11.9 Å². The van der Waals surface area contributed by atoms with Gasteiger partial charge < -0.3 is 15.0 Å². The highest BCUT2D eigenvalue weighted by molar-refractivity contribution is 6.29. The minimum atomic E-state index is -0.564. The zero-order chi connectivity index (χ0) is 20.1. The van der Waals surface area contributed by atoms with Crippen LogP contribution in [0.3, 0.4) is 0 Å². The van der Waals surface area contributed by atoms with Gasteiger partial charge in [-0.05, 0) is 32.9 Å². The predicted octanol–water partition coefficient (Wildman–Crippen LogP) is 3.10. The van der Waals surface area contributed by atoms with Crippen LogP contribution in [0.2, 0.25) is 5.15 Å². The Morgan fingerprint density at radius 1 is 1.43 bits per heavy atom. The molecule has 0 spiro atoms. The standard InChI is InChI=1S/C18H21ClN6O3/c1-11-8-25-14(13(7-21-25)24-10-18(2,3)28-17(24)27)9-23(11)16(26)22-12-4-5-20-15(19)6-12/h4-7,11H,8-10H2,1-3H3,(H,20,22,26). The lowest BCUT2D eigenvalue weighted by Gasteiger charge is -2.34. The van der Waals surface area contributed by atoms with E-state index >= 15 is 0 Å². The van der Waals surface area contributed by atoms with E-state index in [-0.39, 0.29) is 12.1 Å². The van der Waals surface area contributed by atoms with Gasteiger partial charge in [-0.15, -0.1) is 0 Å². The average Bonchev–Trinajstić information content (AvgIpc) is 3.12. The summed E-state index contributed by atoms with van der Waals surface area (Å²) in [6, 6.07) is 2.94. The van der Waals surface area contributed by atoms with Crippen LogP contribution in [0.15, 0.2) is 24.5 Å². The van der Waals surface area contributed by atoms with Crippen molar-refractivity contribution in [2.45, 2.75) is 45.5 Å². The fraction of sp³-hybridized carbons (Fsp3) is 0.444. The molecule has 1 unspecified atom stereocenters. The van der Waals surface area contributed by atoms with Crippen molar-refractivity contribution in [3.63, 3.8) is 0 Å². The van der Waals surface area contributed by atoms with Gasteiger partial charge in [0.2, 0.25) is 0 Å². The molecule has 0 radical (unpaired) electrons. The van der Waals surface area contributed by atoms with E-state index in [1.165, 1.54) is 6.20 Å². The lowest BCUT2D eigenvalue weighted by molar-refractivity contribution is 0.0871. The predicted molar refractivity (Wildman–Crippen MR) is 103 cm³/mol. The minimum absolute atomic E-state index is 0.0699. The van der Waals surface area contributed by atoms with Crippen molar-refractivity contribution >= 4 is 35.1 Å². The molecule has 148 valence electrons. The second-order valence-electron chi connectivity index (χ2n) is 7.65. The summed E-state index contributed by atoms with van der Waals surface area (Å²) in [5.41, 5.74) is 1.48. The maximum Gasteiger partial charge on any atom is 0.415 e. The maximum absolute atomic E-state index is 12.8. The molecule has 1 N–H and O–H groups in total. The monoisotopic (exact) mass is 404 g/mol. The summed E-state index contributed by atoms with van der Waals surface area (Å²) in [6.07, 6.45) is 2.79. The Kier molecular flexibility index (Phi) is 4.41. The Hall–Kier alpha value is -2.81. The molecule has 10 heteroatoms. The molecule has 0 bridgehead atoms. The number of hydrogen-bond donors (Lipinski definition) is 1. The van der Waals surface area contributed by atoms with Gasteiger partial charge in [-0.2, -0.15) is 5.10 Å². The number of anilines is 2. The largest absolute Gasteiger partial charge is 0.441 e. The SMILES string of the molecule is CC1Cn2ncc(N3CC(C)(C)OC3=O)c2CN1C(=O)Nc1ccnc(Cl)c1. The molecular formula is C18H21ClN6O3. The summed E-state index contributed by atoms with van der Waals surface area (Å²) in [4.78, 5) is 32.3. The van der Waals surface area contributed by atoms with Gasteiger partial charge in [-0.1, -0.05) is 11.6 Å². The summed E-state index contributed by atoms with van der Waals surface area (Å²) in [6.45, 7) is 6.97. The summed E-state index contributed by atoms with van der Waals surface area (Å²) < 4.78 is 7.24. The highest BCUT2D eigenvalue weighted by atomic mass is 35.5. The molecule has 9 nitrogen and oxygen atoms in total. The van der Waals surface area contributed by atoms with Crippen molar-refractivity contribution in [3.8, 4) is 0 Å². The van der Waals surface area contributed by atoms with Gasteiger partial charge in [0.1, 0.15) is 10.8 Å². The molecule has 2 aliphatic heterocycles. The normalized spacial score (nSPS) is 20.7. The van der Waals surface area contributed by atoms with Crippen molar-refractivity contribution in [1.29, 1.82) is 0 Å². The number of urea groups is 1. The third-order valence-electron chi connectivity index (χ3n) is 4.87. The third-order valence-corrected chi connectivity index (χ3v) is 5.08. The first-order valence-corrected chi connectivity index (χ1v) is 9.36. The Morgan fingerprint density at radius 3 is 2.89 bits per heavy atom. The van der Waals surface area contributed by atoms with E-state index in [9.17, 15) is 9.59 Å². The first-order valence-electron chi connectivity index (χ1n) is 8.98. The van der Waals surface area contributed by atoms with Crippen LogP contribution in [0.5, 0.6) is 0 Å². The van der Waals surface area contributed by atoms with Crippen LogP contribution in [0.1, 0.15) is 26.5 Å². The van der Waals surface area contributed by atoms with Crippen LogP contribution >= 0.6 is 11.6 Å². The fourth-order valence-electron chi connectivity index (χ4n) is 3.51. The van der Waals surface area contributed by atoms with E-state index in [2.05, 4.69) is 15.4 Å². The number of nitrogens with one attached hydrogen (secondary N) is 1. The number of halogens is 1. The number of hydrogen-bond acceptors (Lipinski definition) is 5. The van der Waals surface area contributed by atoms with Crippen LogP contribution in [0, 0.1) is 0 Å². The van der Waals surface area contributed by atoms with Gasteiger partial charge in [0.05, 0.1) is 43.3 Å². The van der Waals surface area contributed by atoms with Crippen molar-refractivity contribution in [3.05, 3.63) is 35.4 Å². The zero-order valence-corrected chi connectivity index (χ0v) is 16.6. The summed E-state index contributed by atoms with van der Waals surface area (Å²) in [5.74, 6) is 0. The van der Waals surface area contributed by atoms with Gasteiger partial charge in [-0.25, -0.2) is 14.6 Å². The molecule has 1 fully saturated rings. The summed E-state index contributed by atoms with van der Waals surface area (Å²) in [7, 11) is 0. The van der Waals surface area contributed by atoms with Gasteiger partial charge in [-0.3, -0.25) is 9.58 Å². The van der Waals surface area contributed by atoms with Crippen molar-refractivity contribution in [1.82, 2.24) is 19.7 Å². The minimum Gasteiger partial charge on any atom is -0.441 e. The fourth-order valence-corrected chi connectivity index (χ4v) is 3.69. The van der Waals surface area contributed by atoms with Gasteiger partial charge >= 0.3 is 12.1 Å². The van der Waals surface area contributed by atoms with Crippen LogP contribution in [0.25, 0.3) is 0 Å². The number of fused-ring (bicyclic) bond motifs is 1. The maximum atomic E-state index is 12.8. The third kappa shape index (κ3) is 3.37. The Bertz CT molecular complexity index is 943. The molecule has 2 aromatic rings. The highest BCUT2D eigenvalue weighted by Gasteiger charge is 2.41. The van der Waals surface area contributed by atoms with Crippen LogP contribution in [-0.2, 0) is 17.8 Å². The molecule has 2 aliphatic rings. The molecule has 0 aromatic carbocycles. The lowest BCUT2D eigenvalue weighted by atomic mass is 10.1. The molecule has 3 amide bonds. The molecular weight excluding hydrogens is 384 g/mol. The van der Waals surface area contributed by atoms with E-state index in [0.29, 0.717) is 36.2 Å². The van der Waals surface area contributed by atoms with E-state index < -0.39 is 11.7 Å². The molecule has 1 saturated heterocycles. The van der Waals surface area contributed by atoms with Crippen molar-refractivity contribution in [2.24, 2.45) is 0 Å². The molecule has 2 aromatic heterocycles. The Balaban J connectivity index is 1.56. The van der Waals surface area contributed by atoms with Crippen LogP contribution in [0.4, 0.5) is 21.0 Å². The number of cyclic esters (lactones) is 1. The van der Waals surface area contributed by atoms with E-state index in [4.69, 9.17) is 16.3 Å². The summed E-state index contributed by atoms with van der Waals surface area (Å²) >= 11 is 5.89. The molecule has 0 saturated carbocycles. The Morgan fingerprint density at radius 2 is 2.21 bits per heavy atom. The number of aromatic nitrogens is 3. The quantitative estimate of drug-likeness (QED) is 0.776. The lowest BCUT2D eigenvalue weighted by Crippen LogP contribution is -2.47. The highest BCUT2D eigenvalue weighted by Crippen LogP contribution is 2.33. The Labute approximate surface area is 167 Å². The van der Waals surface area contributed by atoms with Gasteiger partial charge in [0.25, 0.3) is 0 Å². The van der Waals surface area contributed by atoms with E-state index in [1.807, 2.05) is 25.5 Å². The number of ether oxygens (including phenoxy) is 1. The van der Waals surface area contributed by atoms with Gasteiger partial charge in [0.15, 0.2) is 0 Å². The summed E-state index contributed by atoms with van der Waals surface area (Å²) in [5, 5.41) is 7.56. The second kappa shape index (κ2) is 6.66. The molecule has 4 heterocycles. The molecule has 0 aliphatic carbocycles. The average molecular weight is 405 g/mol. The first-order chi connectivity index (χ1) is 13.2. The van der Waals surface area contributed by atoms with Crippen molar-refractivity contribution < 1.29 is 14.3 Å². The number of carbonyl (C=O) groups excluding carboxylic acids is 2. The van der Waals surface area contributed by atoms with Crippen LogP contribution in [-0.4, -0.2) is 50.0 Å². The van der Waals surface area contributed by atoms with Crippen molar-refractivity contribution in [2.75, 3.05) is 16.8 Å². The van der Waals surface area contributed by atoms with E-state index in [1.54, 1.807) is 28.1 Å². The van der Waals surface area contributed by atoms with E-state index in [0.717, 1.165) is 5.69 Å². The molecule has 4 rings (SSSR count).